The Bertz CT molecular complexity index is 1550. The van der Waals surface area contributed by atoms with Gasteiger partial charge in [-0.3, -0.25) is 14.4 Å². The van der Waals surface area contributed by atoms with Crippen LogP contribution in [-0.4, -0.2) is 37.2 Å². The minimum atomic E-state index is -0.796. The molecular formula is C68H112O6. The first kappa shape index (κ1) is 69.8. The van der Waals surface area contributed by atoms with Crippen LogP contribution in [-0.2, 0) is 28.6 Å². The Balaban J connectivity index is 4.33. The first-order chi connectivity index (χ1) is 36.5. The third kappa shape index (κ3) is 58.7. The van der Waals surface area contributed by atoms with E-state index in [0.29, 0.717) is 19.3 Å². The molecule has 0 saturated heterocycles. The molecule has 6 nitrogen and oxygen atoms in total. The van der Waals surface area contributed by atoms with E-state index in [1.807, 2.05) is 0 Å². The Morgan fingerprint density at radius 2 is 0.527 bits per heavy atom. The van der Waals surface area contributed by atoms with Crippen molar-refractivity contribution < 1.29 is 28.6 Å². The maximum Gasteiger partial charge on any atom is 0.306 e. The lowest BCUT2D eigenvalue weighted by Gasteiger charge is -2.18. The van der Waals surface area contributed by atoms with Crippen molar-refractivity contribution in [1.29, 1.82) is 0 Å². The molecule has 1 atom stereocenters. The van der Waals surface area contributed by atoms with E-state index in [4.69, 9.17) is 14.2 Å². The molecule has 0 aromatic heterocycles. The number of unbranched alkanes of at least 4 members (excludes halogenated alkanes) is 23. The summed E-state index contributed by atoms with van der Waals surface area (Å²) >= 11 is 0. The van der Waals surface area contributed by atoms with Gasteiger partial charge in [-0.2, -0.15) is 0 Å². The molecule has 0 rings (SSSR count). The smallest absolute Gasteiger partial charge is 0.306 e. The van der Waals surface area contributed by atoms with Crippen molar-refractivity contribution in [3.05, 3.63) is 122 Å². The molecule has 1 unspecified atom stereocenters. The summed E-state index contributed by atoms with van der Waals surface area (Å²) in [6.07, 6.45) is 84.8. The van der Waals surface area contributed by atoms with Gasteiger partial charge >= 0.3 is 17.9 Å². The monoisotopic (exact) mass is 1020 g/mol. The van der Waals surface area contributed by atoms with Crippen LogP contribution in [0.25, 0.3) is 0 Å². The van der Waals surface area contributed by atoms with E-state index in [-0.39, 0.29) is 31.1 Å². The second-order valence-corrected chi connectivity index (χ2v) is 19.9. The molecule has 0 fully saturated rings. The van der Waals surface area contributed by atoms with Gasteiger partial charge < -0.3 is 14.2 Å². The molecule has 0 amide bonds. The highest BCUT2D eigenvalue weighted by molar-refractivity contribution is 5.71. The van der Waals surface area contributed by atoms with Gasteiger partial charge in [0, 0.05) is 19.3 Å². The van der Waals surface area contributed by atoms with Crippen LogP contribution in [0.4, 0.5) is 0 Å². The predicted molar refractivity (Wildman–Crippen MR) is 320 cm³/mol. The second-order valence-electron chi connectivity index (χ2n) is 19.9. The van der Waals surface area contributed by atoms with Gasteiger partial charge in [0.1, 0.15) is 13.2 Å². The minimum Gasteiger partial charge on any atom is -0.462 e. The SMILES string of the molecule is CC/C=C\C/C=C\C/C=C\C/C=C\C/C=C\C/C=C\C/C=C\CCCCCCCCCC(=O)OCC(COC(=O)CCCCCCC/C=C\CCCCC)OC(=O)CCCCCCC/C=C\C/C=C\CCCCC. The van der Waals surface area contributed by atoms with E-state index < -0.39 is 6.10 Å². The summed E-state index contributed by atoms with van der Waals surface area (Å²) in [4.78, 5) is 38.2. The van der Waals surface area contributed by atoms with Gasteiger partial charge in [-0.05, 0) is 135 Å². The topological polar surface area (TPSA) is 78.9 Å². The summed E-state index contributed by atoms with van der Waals surface area (Å²) < 4.78 is 16.8. The van der Waals surface area contributed by atoms with E-state index in [1.54, 1.807) is 0 Å². The van der Waals surface area contributed by atoms with E-state index >= 15 is 0 Å². The van der Waals surface area contributed by atoms with Crippen LogP contribution in [0.2, 0.25) is 0 Å². The van der Waals surface area contributed by atoms with Gasteiger partial charge in [0.2, 0.25) is 0 Å². The molecular weight excluding hydrogens is 913 g/mol. The molecule has 0 aromatic rings. The van der Waals surface area contributed by atoms with Crippen LogP contribution >= 0.6 is 0 Å². The highest BCUT2D eigenvalue weighted by Crippen LogP contribution is 2.14. The highest BCUT2D eigenvalue weighted by Gasteiger charge is 2.19. The van der Waals surface area contributed by atoms with Crippen molar-refractivity contribution in [2.24, 2.45) is 0 Å². The molecule has 0 heterocycles. The fourth-order valence-electron chi connectivity index (χ4n) is 8.09. The standard InChI is InChI=1S/C68H112O6/c1-4-7-10-13-16-19-22-25-27-28-29-30-31-32-33-34-35-36-37-38-39-40-42-43-46-49-52-55-58-61-67(70)73-64-65(63-72-66(69)60-57-54-51-48-45-24-21-18-15-12-9-6-3)74-68(71)62-59-56-53-50-47-44-41-26-23-20-17-14-11-8-5-2/h7,10,16-21,25-27,29-30,32-33,35-36,38-39,41,65H,4-6,8-9,11-15,22-24,28,31,34,37,40,42-64H2,1-3H3/b10-7-,19-16-,20-17-,21-18-,27-25-,30-29-,33-32-,36-35-,39-38-,41-26-. The van der Waals surface area contributed by atoms with E-state index in [1.165, 1.54) is 83.5 Å². The molecule has 0 N–H and O–H groups in total. The fourth-order valence-corrected chi connectivity index (χ4v) is 8.09. The van der Waals surface area contributed by atoms with Crippen LogP contribution in [0.5, 0.6) is 0 Å². The average molecular weight is 1030 g/mol. The van der Waals surface area contributed by atoms with E-state index in [0.717, 1.165) is 148 Å². The molecule has 420 valence electrons. The van der Waals surface area contributed by atoms with Gasteiger partial charge in [0.05, 0.1) is 0 Å². The summed E-state index contributed by atoms with van der Waals surface area (Å²) in [5, 5.41) is 0. The number of ether oxygens (including phenoxy) is 3. The first-order valence-electron chi connectivity index (χ1n) is 30.5. The fraction of sp³-hybridized carbons (Fsp3) is 0.662. The normalized spacial score (nSPS) is 13.0. The molecule has 0 aliphatic carbocycles. The molecule has 6 heteroatoms. The summed E-state index contributed by atoms with van der Waals surface area (Å²) in [6, 6.07) is 0. The van der Waals surface area contributed by atoms with Gasteiger partial charge in [-0.25, -0.2) is 0 Å². The molecule has 0 bridgehead atoms. The maximum atomic E-state index is 12.9. The lowest BCUT2D eigenvalue weighted by Crippen LogP contribution is -2.30. The lowest BCUT2D eigenvalue weighted by molar-refractivity contribution is -0.167. The van der Waals surface area contributed by atoms with Gasteiger partial charge in [-0.15, -0.1) is 0 Å². The predicted octanol–water partition coefficient (Wildman–Crippen LogP) is 20.8. The summed E-state index contributed by atoms with van der Waals surface area (Å²) in [7, 11) is 0. The number of carbonyl (C=O) groups excluding carboxylic acids is 3. The largest absolute Gasteiger partial charge is 0.462 e. The first-order valence-corrected chi connectivity index (χ1v) is 30.5. The van der Waals surface area contributed by atoms with Crippen molar-refractivity contribution in [2.75, 3.05) is 13.2 Å². The molecule has 74 heavy (non-hydrogen) atoms. The van der Waals surface area contributed by atoms with E-state index in [2.05, 4.69) is 142 Å². The number of esters is 3. The van der Waals surface area contributed by atoms with Crippen LogP contribution in [0, 0.1) is 0 Å². The molecule has 0 saturated carbocycles. The molecule has 0 aliphatic rings. The highest BCUT2D eigenvalue weighted by atomic mass is 16.6. The Hall–Kier alpha value is -4.19. The number of rotatable bonds is 54. The van der Waals surface area contributed by atoms with Crippen LogP contribution in [0.15, 0.2) is 122 Å². The quantitative estimate of drug-likeness (QED) is 0.0261. The Kier molecular flexibility index (Phi) is 57.9. The zero-order valence-electron chi connectivity index (χ0n) is 48.1. The van der Waals surface area contributed by atoms with Crippen molar-refractivity contribution in [2.45, 2.75) is 277 Å². The van der Waals surface area contributed by atoms with Crippen LogP contribution in [0.1, 0.15) is 271 Å². The Morgan fingerprint density at radius 3 is 0.838 bits per heavy atom. The molecule has 0 radical (unpaired) electrons. The summed E-state index contributed by atoms with van der Waals surface area (Å²) in [5.41, 5.74) is 0. The summed E-state index contributed by atoms with van der Waals surface area (Å²) in [5.74, 6) is -0.927. The zero-order chi connectivity index (χ0) is 53.6. The lowest BCUT2D eigenvalue weighted by atomic mass is 10.1. The van der Waals surface area contributed by atoms with Gasteiger partial charge in [-0.1, -0.05) is 239 Å². The Morgan fingerprint density at radius 1 is 0.284 bits per heavy atom. The third-order valence-corrected chi connectivity index (χ3v) is 12.7. The number of hydrogen-bond acceptors (Lipinski definition) is 6. The maximum absolute atomic E-state index is 12.9. The number of carbonyl (C=O) groups is 3. The van der Waals surface area contributed by atoms with Gasteiger partial charge in [0.15, 0.2) is 6.10 Å². The molecule has 0 aliphatic heterocycles. The molecule has 0 aromatic carbocycles. The second kappa shape index (κ2) is 61.4. The van der Waals surface area contributed by atoms with Crippen molar-refractivity contribution in [3.8, 4) is 0 Å². The van der Waals surface area contributed by atoms with Crippen LogP contribution in [0.3, 0.4) is 0 Å². The van der Waals surface area contributed by atoms with Crippen molar-refractivity contribution in [3.63, 3.8) is 0 Å². The Labute approximate surface area is 456 Å². The van der Waals surface area contributed by atoms with Crippen molar-refractivity contribution >= 4 is 17.9 Å². The van der Waals surface area contributed by atoms with Gasteiger partial charge in [0.25, 0.3) is 0 Å². The third-order valence-electron chi connectivity index (χ3n) is 12.7. The number of hydrogen-bond donors (Lipinski definition) is 0. The minimum absolute atomic E-state index is 0.0934. The zero-order valence-corrected chi connectivity index (χ0v) is 48.1. The van der Waals surface area contributed by atoms with Crippen molar-refractivity contribution in [1.82, 2.24) is 0 Å². The summed E-state index contributed by atoms with van der Waals surface area (Å²) in [6.45, 7) is 6.45. The number of allylic oxidation sites excluding steroid dienone is 20. The average Bonchev–Trinajstić information content (AvgIpc) is 3.40. The van der Waals surface area contributed by atoms with Crippen LogP contribution < -0.4 is 0 Å². The van der Waals surface area contributed by atoms with E-state index in [9.17, 15) is 14.4 Å². The molecule has 0 spiro atoms.